The summed E-state index contributed by atoms with van der Waals surface area (Å²) in [5.74, 6) is 0.273. The SMILES string of the molecule is CCOC(=O)c1csc(NCCCS(C)=O)n1. The zero-order valence-corrected chi connectivity index (χ0v) is 11.5. The second kappa shape index (κ2) is 7.39. The number of rotatable bonds is 7. The summed E-state index contributed by atoms with van der Waals surface area (Å²) in [6, 6.07) is 0. The van der Waals surface area contributed by atoms with Crippen LogP contribution in [0.3, 0.4) is 0 Å². The lowest BCUT2D eigenvalue weighted by molar-refractivity contribution is 0.0520. The van der Waals surface area contributed by atoms with Crippen LogP contribution in [0.15, 0.2) is 5.38 Å². The molecular formula is C10H16N2O3S2. The monoisotopic (exact) mass is 276 g/mol. The van der Waals surface area contributed by atoms with Gasteiger partial charge in [0.05, 0.1) is 6.61 Å². The van der Waals surface area contributed by atoms with Crippen molar-refractivity contribution < 1.29 is 13.7 Å². The van der Waals surface area contributed by atoms with Crippen LogP contribution in [0.25, 0.3) is 0 Å². The summed E-state index contributed by atoms with van der Waals surface area (Å²) in [5.41, 5.74) is 0.332. The highest BCUT2D eigenvalue weighted by Gasteiger charge is 2.10. The lowest BCUT2D eigenvalue weighted by atomic mass is 10.5. The van der Waals surface area contributed by atoms with Crippen LogP contribution in [-0.4, -0.2) is 40.3 Å². The van der Waals surface area contributed by atoms with E-state index in [0.29, 0.717) is 29.7 Å². The maximum atomic E-state index is 11.3. The van der Waals surface area contributed by atoms with Crippen LogP contribution in [0.1, 0.15) is 23.8 Å². The van der Waals surface area contributed by atoms with Crippen LogP contribution in [-0.2, 0) is 15.5 Å². The fraction of sp³-hybridized carbons (Fsp3) is 0.600. The molecule has 0 aliphatic heterocycles. The molecule has 0 fully saturated rings. The molecule has 0 radical (unpaired) electrons. The predicted octanol–water partition coefficient (Wildman–Crippen LogP) is 1.50. The molecule has 1 aromatic rings. The Morgan fingerprint density at radius 2 is 2.41 bits per heavy atom. The van der Waals surface area contributed by atoms with Crippen LogP contribution in [0.5, 0.6) is 0 Å². The van der Waals surface area contributed by atoms with Crippen LogP contribution >= 0.6 is 11.3 Å². The van der Waals surface area contributed by atoms with E-state index < -0.39 is 16.8 Å². The molecule has 0 aliphatic carbocycles. The summed E-state index contributed by atoms with van der Waals surface area (Å²) < 4.78 is 15.7. The molecule has 0 saturated heterocycles. The van der Waals surface area contributed by atoms with Gasteiger partial charge in [-0.15, -0.1) is 11.3 Å². The highest BCUT2D eigenvalue weighted by Crippen LogP contribution is 2.15. The first-order chi connectivity index (χ1) is 8.13. The molecule has 0 saturated carbocycles. The Bertz CT molecular complexity index is 393. The second-order valence-electron chi connectivity index (χ2n) is 3.32. The van der Waals surface area contributed by atoms with Crippen LogP contribution < -0.4 is 5.32 Å². The van der Waals surface area contributed by atoms with Gasteiger partial charge in [-0.1, -0.05) is 0 Å². The number of hydrogen-bond donors (Lipinski definition) is 1. The van der Waals surface area contributed by atoms with Crippen molar-refractivity contribution >= 4 is 33.2 Å². The summed E-state index contributed by atoms with van der Waals surface area (Å²) in [7, 11) is -0.759. The Balaban J connectivity index is 2.35. The van der Waals surface area contributed by atoms with Gasteiger partial charge in [-0.2, -0.15) is 0 Å². The van der Waals surface area contributed by atoms with E-state index in [9.17, 15) is 9.00 Å². The first kappa shape index (κ1) is 14.1. The largest absolute Gasteiger partial charge is 0.461 e. The van der Waals surface area contributed by atoms with Crippen LogP contribution in [0.4, 0.5) is 5.13 Å². The minimum atomic E-state index is -0.759. The molecule has 0 spiro atoms. The predicted molar refractivity (Wildman–Crippen MR) is 70.1 cm³/mol. The number of carbonyl (C=O) groups is 1. The maximum Gasteiger partial charge on any atom is 0.357 e. The molecule has 96 valence electrons. The van der Waals surface area contributed by atoms with Gasteiger partial charge in [0.15, 0.2) is 10.8 Å². The number of anilines is 1. The molecule has 0 aliphatic rings. The molecule has 1 N–H and O–H groups in total. The summed E-state index contributed by atoms with van der Waals surface area (Å²) in [5, 5.41) is 5.44. The van der Waals surface area contributed by atoms with Gasteiger partial charge >= 0.3 is 5.97 Å². The van der Waals surface area contributed by atoms with Gasteiger partial charge < -0.3 is 10.1 Å². The molecule has 0 amide bonds. The van der Waals surface area contributed by atoms with Gasteiger partial charge in [-0.25, -0.2) is 9.78 Å². The molecule has 1 atom stereocenters. The van der Waals surface area contributed by atoms with Gasteiger partial charge in [-0.05, 0) is 13.3 Å². The highest BCUT2D eigenvalue weighted by atomic mass is 32.2. The molecule has 1 rings (SSSR count). The smallest absolute Gasteiger partial charge is 0.357 e. The van der Waals surface area contributed by atoms with Gasteiger partial charge in [0.1, 0.15) is 0 Å². The van der Waals surface area contributed by atoms with Crippen molar-refractivity contribution in [2.75, 3.05) is 30.5 Å². The number of carbonyl (C=O) groups excluding carboxylic acids is 1. The van der Waals surface area contributed by atoms with E-state index in [-0.39, 0.29) is 0 Å². The van der Waals surface area contributed by atoms with E-state index in [1.54, 1.807) is 18.6 Å². The lowest BCUT2D eigenvalue weighted by Gasteiger charge is -2.00. The number of nitrogens with zero attached hydrogens (tertiary/aromatic N) is 1. The fourth-order valence-electron chi connectivity index (χ4n) is 1.12. The molecule has 17 heavy (non-hydrogen) atoms. The number of ether oxygens (including phenoxy) is 1. The van der Waals surface area contributed by atoms with E-state index in [1.165, 1.54) is 11.3 Å². The Kier molecular flexibility index (Phi) is 6.13. The third-order valence-corrected chi connectivity index (χ3v) is 3.54. The Morgan fingerprint density at radius 3 is 3.06 bits per heavy atom. The van der Waals surface area contributed by atoms with Crippen molar-refractivity contribution in [3.63, 3.8) is 0 Å². The van der Waals surface area contributed by atoms with Crippen molar-refractivity contribution in [1.29, 1.82) is 0 Å². The van der Waals surface area contributed by atoms with Gasteiger partial charge in [0, 0.05) is 34.7 Å². The average molecular weight is 276 g/mol. The maximum absolute atomic E-state index is 11.3. The second-order valence-corrected chi connectivity index (χ2v) is 5.73. The van der Waals surface area contributed by atoms with Crippen molar-refractivity contribution in [3.05, 3.63) is 11.1 Å². The minimum absolute atomic E-state index is 0.332. The molecule has 1 aromatic heterocycles. The standard InChI is InChI=1S/C10H16N2O3S2/c1-3-15-9(13)8-7-16-10(12-8)11-5-4-6-17(2)14/h7H,3-6H2,1-2H3,(H,11,12). The molecule has 1 unspecified atom stereocenters. The molecule has 0 aromatic carbocycles. The fourth-order valence-corrected chi connectivity index (χ4v) is 2.38. The summed E-state index contributed by atoms with van der Waals surface area (Å²) >= 11 is 1.36. The Hall–Kier alpha value is -0.950. The molecule has 7 heteroatoms. The quantitative estimate of drug-likeness (QED) is 0.604. The van der Waals surface area contributed by atoms with Gasteiger partial charge in [0.25, 0.3) is 0 Å². The topological polar surface area (TPSA) is 68.3 Å². The Morgan fingerprint density at radius 1 is 1.65 bits per heavy atom. The van der Waals surface area contributed by atoms with Crippen molar-refractivity contribution in [2.45, 2.75) is 13.3 Å². The zero-order valence-electron chi connectivity index (χ0n) is 9.89. The molecule has 0 bridgehead atoms. The highest BCUT2D eigenvalue weighted by molar-refractivity contribution is 7.84. The summed E-state index contributed by atoms with van der Waals surface area (Å²) in [6.07, 6.45) is 2.50. The third-order valence-electron chi connectivity index (χ3n) is 1.87. The molecule has 1 heterocycles. The van der Waals surface area contributed by atoms with Gasteiger partial charge in [0.2, 0.25) is 0 Å². The van der Waals surface area contributed by atoms with Gasteiger partial charge in [-0.3, -0.25) is 4.21 Å². The van der Waals surface area contributed by atoms with Crippen LogP contribution in [0.2, 0.25) is 0 Å². The van der Waals surface area contributed by atoms with E-state index in [1.807, 2.05) is 0 Å². The van der Waals surface area contributed by atoms with E-state index in [0.717, 1.165) is 6.42 Å². The first-order valence-corrected chi connectivity index (χ1v) is 7.90. The number of hydrogen-bond acceptors (Lipinski definition) is 6. The summed E-state index contributed by atoms with van der Waals surface area (Å²) in [6.45, 7) is 2.81. The normalized spacial score (nSPS) is 12.1. The van der Waals surface area contributed by atoms with Crippen molar-refractivity contribution in [3.8, 4) is 0 Å². The summed E-state index contributed by atoms with van der Waals surface area (Å²) in [4.78, 5) is 15.4. The zero-order chi connectivity index (χ0) is 12.7. The molecular weight excluding hydrogens is 260 g/mol. The number of aromatic nitrogens is 1. The minimum Gasteiger partial charge on any atom is -0.461 e. The first-order valence-electron chi connectivity index (χ1n) is 5.30. The number of thiazole rings is 1. The Labute approximate surface area is 107 Å². The van der Waals surface area contributed by atoms with E-state index in [4.69, 9.17) is 4.74 Å². The number of nitrogens with one attached hydrogen (secondary N) is 1. The van der Waals surface area contributed by atoms with E-state index >= 15 is 0 Å². The third kappa shape index (κ3) is 5.27. The number of esters is 1. The van der Waals surface area contributed by atoms with E-state index in [2.05, 4.69) is 10.3 Å². The van der Waals surface area contributed by atoms with Crippen molar-refractivity contribution in [2.24, 2.45) is 0 Å². The van der Waals surface area contributed by atoms with Crippen molar-refractivity contribution in [1.82, 2.24) is 4.98 Å². The average Bonchev–Trinajstić information content (AvgIpc) is 2.73. The molecule has 5 nitrogen and oxygen atoms in total. The lowest BCUT2D eigenvalue weighted by Crippen LogP contribution is -2.07. The van der Waals surface area contributed by atoms with Crippen LogP contribution in [0, 0.1) is 0 Å².